The van der Waals surface area contributed by atoms with Gasteiger partial charge < -0.3 is 5.32 Å². The lowest BCUT2D eigenvalue weighted by atomic mass is 10.1. The summed E-state index contributed by atoms with van der Waals surface area (Å²) in [6, 6.07) is 5.51. The van der Waals surface area contributed by atoms with Gasteiger partial charge in [0.05, 0.1) is 0 Å². The lowest BCUT2D eigenvalue weighted by Crippen LogP contribution is -2.44. The van der Waals surface area contributed by atoms with E-state index in [0.29, 0.717) is 12.1 Å². The highest BCUT2D eigenvalue weighted by atomic mass is 15.2. The SMILES string of the molecule is CCNC1CCCC1N(C)Cc1cccnc1. The molecule has 1 aromatic heterocycles. The van der Waals surface area contributed by atoms with Crippen molar-refractivity contribution in [1.29, 1.82) is 0 Å². The van der Waals surface area contributed by atoms with Crippen LogP contribution in [0.5, 0.6) is 0 Å². The molecular formula is C14H23N3. The molecule has 1 saturated carbocycles. The Balaban J connectivity index is 1.93. The first-order chi connectivity index (χ1) is 8.31. The highest BCUT2D eigenvalue weighted by Gasteiger charge is 2.29. The van der Waals surface area contributed by atoms with Gasteiger partial charge in [0.25, 0.3) is 0 Å². The van der Waals surface area contributed by atoms with E-state index >= 15 is 0 Å². The average Bonchev–Trinajstić information content (AvgIpc) is 2.79. The molecule has 2 atom stereocenters. The number of aromatic nitrogens is 1. The second-order valence-corrected chi connectivity index (χ2v) is 4.94. The van der Waals surface area contributed by atoms with Crippen LogP contribution in [0.3, 0.4) is 0 Å². The minimum atomic E-state index is 0.668. The minimum absolute atomic E-state index is 0.668. The Bertz CT molecular complexity index is 325. The third-order valence-corrected chi connectivity index (χ3v) is 3.67. The lowest BCUT2D eigenvalue weighted by Gasteiger charge is -2.30. The number of hydrogen-bond donors (Lipinski definition) is 1. The Morgan fingerprint density at radius 3 is 3.06 bits per heavy atom. The van der Waals surface area contributed by atoms with Gasteiger partial charge in [0, 0.05) is 31.0 Å². The van der Waals surface area contributed by atoms with Crippen LogP contribution < -0.4 is 5.32 Å². The van der Waals surface area contributed by atoms with Crippen LogP contribution in [0.15, 0.2) is 24.5 Å². The lowest BCUT2D eigenvalue weighted by molar-refractivity contribution is 0.204. The van der Waals surface area contributed by atoms with Crippen molar-refractivity contribution in [2.24, 2.45) is 0 Å². The fourth-order valence-corrected chi connectivity index (χ4v) is 2.87. The summed E-state index contributed by atoms with van der Waals surface area (Å²) in [6.45, 7) is 4.26. The predicted molar refractivity (Wildman–Crippen MR) is 70.8 cm³/mol. The summed E-state index contributed by atoms with van der Waals surface area (Å²) in [5.74, 6) is 0. The maximum Gasteiger partial charge on any atom is 0.0312 e. The van der Waals surface area contributed by atoms with Crippen LogP contribution in [-0.4, -0.2) is 35.6 Å². The number of likely N-dealkylation sites (N-methyl/N-ethyl adjacent to an activating group) is 2. The van der Waals surface area contributed by atoms with E-state index in [1.165, 1.54) is 24.8 Å². The molecular weight excluding hydrogens is 210 g/mol. The van der Waals surface area contributed by atoms with Gasteiger partial charge in [0.2, 0.25) is 0 Å². The summed E-state index contributed by atoms with van der Waals surface area (Å²) < 4.78 is 0. The predicted octanol–water partition coefficient (Wildman–Crippen LogP) is 2.04. The third-order valence-electron chi connectivity index (χ3n) is 3.67. The molecule has 0 saturated heterocycles. The first-order valence-electron chi connectivity index (χ1n) is 6.63. The van der Waals surface area contributed by atoms with Crippen molar-refractivity contribution in [3.8, 4) is 0 Å². The normalized spacial score (nSPS) is 24.4. The molecule has 1 aliphatic carbocycles. The highest BCUT2D eigenvalue weighted by Crippen LogP contribution is 2.24. The molecule has 3 heteroatoms. The summed E-state index contributed by atoms with van der Waals surface area (Å²) in [6.07, 6.45) is 7.78. The van der Waals surface area contributed by atoms with Gasteiger partial charge in [-0.15, -0.1) is 0 Å². The molecule has 17 heavy (non-hydrogen) atoms. The topological polar surface area (TPSA) is 28.2 Å². The van der Waals surface area contributed by atoms with Gasteiger partial charge in [0.1, 0.15) is 0 Å². The van der Waals surface area contributed by atoms with Crippen LogP contribution in [0.4, 0.5) is 0 Å². The fraction of sp³-hybridized carbons (Fsp3) is 0.643. The molecule has 1 aromatic rings. The zero-order valence-corrected chi connectivity index (χ0v) is 10.9. The molecule has 2 rings (SSSR count). The number of rotatable bonds is 5. The maximum absolute atomic E-state index is 4.18. The summed E-state index contributed by atoms with van der Waals surface area (Å²) in [4.78, 5) is 6.65. The molecule has 0 aliphatic heterocycles. The standard InChI is InChI=1S/C14H23N3/c1-3-16-13-7-4-8-14(13)17(2)11-12-6-5-9-15-10-12/h5-6,9-10,13-14,16H,3-4,7-8,11H2,1-2H3. The summed E-state index contributed by atoms with van der Waals surface area (Å²) in [5, 5.41) is 3.60. The largest absolute Gasteiger partial charge is 0.313 e. The van der Waals surface area contributed by atoms with E-state index in [1.807, 2.05) is 18.5 Å². The van der Waals surface area contributed by atoms with Crippen molar-refractivity contribution in [2.45, 2.75) is 44.8 Å². The van der Waals surface area contributed by atoms with Crippen LogP contribution in [0.1, 0.15) is 31.7 Å². The first kappa shape index (κ1) is 12.5. The van der Waals surface area contributed by atoms with Crippen LogP contribution in [0, 0.1) is 0 Å². The van der Waals surface area contributed by atoms with Gasteiger partial charge in [-0.05, 0) is 38.1 Å². The summed E-state index contributed by atoms with van der Waals surface area (Å²) >= 11 is 0. The van der Waals surface area contributed by atoms with Crippen LogP contribution in [-0.2, 0) is 6.54 Å². The van der Waals surface area contributed by atoms with Crippen molar-refractivity contribution in [3.63, 3.8) is 0 Å². The number of pyridine rings is 1. The van der Waals surface area contributed by atoms with E-state index in [2.05, 4.69) is 35.2 Å². The molecule has 0 radical (unpaired) electrons. The van der Waals surface area contributed by atoms with Crippen LogP contribution in [0.25, 0.3) is 0 Å². The Morgan fingerprint density at radius 2 is 2.35 bits per heavy atom. The molecule has 94 valence electrons. The summed E-state index contributed by atoms with van der Waals surface area (Å²) in [7, 11) is 2.23. The molecule has 1 heterocycles. The first-order valence-corrected chi connectivity index (χ1v) is 6.63. The van der Waals surface area contributed by atoms with E-state index in [9.17, 15) is 0 Å². The molecule has 1 N–H and O–H groups in total. The second-order valence-electron chi connectivity index (χ2n) is 4.94. The molecule has 3 nitrogen and oxygen atoms in total. The summed E-state index contributed by atoms with van der Waals surface area (Å²) in [5.41, 5.74) is 1.30. The van der Waals surface area contributed by atoms with Gasteiger partial charge in [-0.1, -0.05) is 19.4 Å². The van der Waals surface area contributed by atoms with Gasteiger partial charge in [0.15, 0.2) is 0 Å². The van der Waals surface area contributed by atoms with E-state index in [4.69, 9.17) is 0 Å². The molecule has 0 aromatic carbocycles. The van der Waals surface area contributed by atoms with Gasteiger partial charge in [-0.25, -0.2) is 0 Å². The second kappa shape index (κ2) is 6.12. The van der Waals surface area contributed by atoms with E-state index in [-0.39, 0.29) is 0 Å². The van der Waals surface area contributed by atoms with Crippen molar-refractivity contribution in [2.75, 3.05) is 13.6 Å². The molecule has 1 aliphatic rings. The van der Waals surface area contributed by atoms with Crippen molar-refractivity contribution in [3.05, 3.63) is 30.1 Å². The maximum atomic E-state index is 4.18. The third kappa shape index (κ3) is 3.27. The number of hydrogen-bond acceptors (Lipinski definition) is 3. The molecule has 0 bridgehead atoms. The Kier molecular flexibility index (Phi) is 4.51. The molecule has 0 spiro atoms. The minimum Gasteiger partial charge on any atom is -0.313 e. The number of nitrogens with one attached hydrogen (secondary N) is 1. The monoisotopic (exact) mass is 233 g/mol. The molecule has 1 fully saturated rings. The number of nitrogens with zero attached hydrogens (tertiary/aromatic N) is 2. The van der Waals surface area contributed by atoms with Gasteiger partial charge in [-0.2, -0.15) is 0 Å². The van der Waals surface area contributed by atoms with Crippen molar-refractivity contribution in [1.82, 2.24) is 15.2 Å². The van der Waals surface area contributed by atoms with E-state index in [0.717, 1.165) is 13.1 Å². The average molecular weight is 233 g/mol. The van der Waals surface area contributed by atoms with E-state index < -0.39 is 0 Å². The zero-order valence-electron chi connectivity index (χ0n) is 10.9. The Hall–Kier alpha value is -0.930. The molecule has 2 unspecified atom stereocenters. The molecule has 0 amide bonds. The Labute approximate surface area is 104 Å². The van der Waals surface area contributed by atoms with Crippen molar-refractivity contribution < 1.29 is 0 Å². The quantitative estimate of drug-likeness (QED) is 0.843. The van der Waals surface area contributed by atoms with Gasteiger partial charge >= 0.3 is 0 Å². The van der Waals surface area contributed by atoms with Gasteiger partial charge in [-0.3, -0.25) is 9.88 Å². The Morgan fingerprint density at radius 1 is 1.47 bits per heavy atom. The zero-order chi connectivity index (χ0) is 12.1. The van der Waals surface area contributed by atoms with Crippen LogP contribution >= 0.6 is 0 Å². The van der Waals surface area contributed by atoms with E-state index in [1.54, 1.807) is 0 Å². The van der Waals surface area contributed by atoms with Crippen LogP contribution in [0.2, 0.25) is 0 Å². The smallest absolute Gasteiger partial charge is 0.0312 e. The van der Waals surface area contributed by atoms with Crippen molar-refractivity contribution >= 4 is 0 Å². The highest BCUT2D eigenvalue weighted by molar-refractivity contribution is 5.08. The fourth-order valence-electron chi connectivity index (χ4n) is 2.87.